The molecule has 0 N–H and O–H groups in total. The van der Waals surface area contributed by atoms with Crippen molar-refractivity contribution in [2.75, 3.05) is 0 Å². The summed E-state index contributed by atoms with van der Waals surface area (Å²) in [6.07, 6.45) is 0. The van der Waals surface area contributed by atoms with Gasteiger partial charge in [0.1, 0.15) is 0 Å². The minimum absolute atomic E-state index is 0.381. The standard InChI is InChI=1S/C67H39N7/c68-40-42-24-30-59(73-57-32-28-49(44-14-4-1-5-15-44)38-53(57)63-51-22-12-10-18-46(51)26-34-61(63)73)55(36-42)66-70-65(48-20-8-3-9-21-48)71-67(72-66)56-37-43(41-69)25-31-60(56)74-58-33-29-50(45-16-6-2-7-17-45)39-54(58)64-52-23-13-11-19-47(52)27-35-62(64)74/h1-39H. The Bertz CT molecular complexity index is 4400. The summed E-state index contributed by atoms with van der Waals surface area (Å²) < 4.78 is 4.56. The quantitative estimate of drug-likeness (QED) is 0.159. The third-order valence-corrected chi connectivity index (χ3v) is 14.4. The van der Waals surface area contributed by atoms with Gasteiger partial charge in [0.15, 0.2) is 17.5 Å². The molecule has 0 atom stereocenters. The van der Waals surface area contributed by atoms with Gasteiger partial charge in [-0.05, 0) is 117 Å². The second kappa shape index (κ2) is 17.1. The summed E-state index contributed by atoms with van der Waals surface area (Å²) in [5.41, 5.74) is 13.1. The third kappa shape index (κ3) is 6.84. The average Bonchev–Trinajstić information content (AvgIpc) is 4.00. The maximum Gasteiger partial charge on any atom is 0.166 e. The Morgan fingerprint density at radius 1 is 0.297 bits per heavy atom. The van der Waals surface area contributed by atoms with Crippen molar-refractivity contribution in [3.63, 3.8) is 0 Å². The zero-order chi connectivity index (χ0) is 49.3. The molecule has 0 bridgehead atoms. The largest absolute Gasteiger partial charge is 0.308 e. The van der Waals surface area contributed by atoms with Crippen molar-refractivity contribution >= 4 is 65.2 Å². The molecule has 0 aliphatic rings. The fourth-order valence-electron chi connectivity index (χ4n) is 11.0. The SMILES string of the molecule is N#Cc1ccc(-n2c3ccc(-c4ccccc4)cc3c3c4ccccc4ccc32)c(-c2nc(-c3ccccc3)nc(-c3cc(C#N)ccc3-n3c4ccc(-c5ccccc5)cc4c4c5ccccc5ccc43)n2)c1. The molecule has 0 aliphatic carbocycles. The topological polar surface area (TPSA) is 96.1 Å². The van der Waals surface area contributed by atoms with Crippen LogP contribution < -0.4 is 0 Å². The lowest BCUT2D eigenvalue weighted by molar-refractivity contribution is 1.06. The summed E-state index contributed by atoms with van der Waals surface area (Å²) in [5, 5.41) is 30.2. The van der Waals surface area contributed by atoms with Crippen LogP contribution in [0.4, 0.5) is 0 Å². The Morgan fingerprint density at radius 2 is 0.689 bits per heavy atom. The van der Waals surface area contributed by atoms with Gasteiger partial charge in [-0.3, -0.25) is 0 Å². The lowest BCUT2D eigenvalue weighted by Gasteiger charge is -2.17. The molecule has 0 saturated carbocycles. The van der Waals surface area contributed by atoms with E-state index in [1.165, 1.54) is 0 Å². The second-order valence-electron chi connectivity index (χ2n) is 18.6. The lowest BCUT2D eigenvalue weighted by atomic mass is 10.0. The number of fused-ring (bicyclic) bond motifs is 10. The summed E-state index contributed by atoms with van der Waals surface area (Å²) in [6.45, 7) is 0. The predicted molar refractivity (Wildman–Crippen MR) is 300 cm³/mol. The van der Waals surface area contributed by atoms with Crippen LogP contribution in [0.2, 0.25) is 0 Å². The molecule has 0 aliphatic heterocycles. The van der Waals surface area contributed by atoms with Crippen molar-refractivity contribution < 1.29 is 0 Å². The lowest BCUT2D eigenvalue weighted by Crippen LogP contribution is -2.06. The van der Waals surface area contributed by atoms with Crippen LogP contribution in [0.1, 0.15) is 11.1 Å². The van der Waals surface area contributed by atoms with Gasteiger partial charge in [0.05, 0.1) is 56.7 Å². The third-order valence-electron chi connectivity index (χ3n) is 14.4. The van der Waals surface area contributed by atoms with Crippen molar-refractivity contribution in [2.24, 2.45) is 0 Å². The first-order chi connectivity index (χ1) is 36.6. The molecule has 0 radical (unpaired) electrons. The highest BCUT2D eigenvalue weighted by molar-refractivity contribution is 6.23. The molecule has 0 fully saturated rings. The van der Waals surface area contributed by atoms with E-state index < -0.39 is 0 Å². The molecule has 0 amide bonds. The second-order valence-corrected chi connectivity index (χ2v) is 18.6. The van der Waals surface area contributed by atoms with E-state index in [1.54, 1.807) is 0 Å². The van der Waals surface area contributed by atoms with Crippen molar-refractivity contribution in [1.29, 1.82) is 10.5 Å². The van der Waals surface area contributed by atoms with Crippen LogP contribution >= 0.6 is 0 Å². The number of nitrogens with zero attached hydrogens (tertiary/aromatic N) is 7. The highest BCUT2D eigenvalue weighted by Crippen LogP contribution is 2.44. The predicted octanol–water partition coefficient (Wildman–Crippen LogP) is 16.5. The van der Waals surface area contributed by atoms with Gasteiger partial charge in [0, 0.05) is 38.2 Å². The highest BCUT2D eigenvalue weighted by atomic mass is 15.1. The maximum absolute atomic E-state index is 10.6. The molecular weight excluding hydrogens is 903 g/mol. The molecule has 7 nitrogen and oxygen atoms in total. The van der Waals surface area contributed by atoms with E-state index >= 15 is 0 Å². The van der Waals surface area contributed by atoms with Crippen LogP contribution in [0.3, 0.4) is 0 Å². The van der Waals surface area contributed by atoms with Gasteiger partial charge in [-0.15, -0.1) is 0 Å². The fraction of sp³-hybridized carbons (Fsp3) is 0. The fourth-order valence-corrected chi connectivity index (χ4v) is 11.0. The molecule has 3 aromatic heterocycles. The van der Waals surface area contributed by atoms with E-state index in [2.05, 4.69) is 179 Å². The Kier molecular flexibility index (Phi) is 9.82. The number of rotatable bonds is 7. The van der Waals surface area contributed by atoms with Gasteiger partial charge in [-0.25, -0.2) is 15.0 Å². The van der Waals surface area contributed by atoms with Crippen molar-refractivity contribution in [3.8, 4) is 79.9 Å². The van der Waals surface area contributed by atoms with Gasteiger partial charge >= 0.3 is 0 Å². The van der Waals surface area contributed by atoms with E-state index in [0.717, 1.165) is 104 Å². The van der Waals surface area contributed by atoms with Crippen LogP contribution in [-0.4, -0.2) is 24.1 Å². The molecule has 342 valence electrons. The summed E-state index contributed by atoms with van der Waals surface area (Å²) in [4.78, 5) is 16.1. The Balaban J connectivity index is 1.05. The van der Waals surface area contributed by atoms with E-state index in [9.17, 15) is 10.5 Å². The number of hydrogen-bond donors (Lipinski definition) is 0. The summed E-state index contributed by atoms with van der Waals surface area (Å²) in [6, 6.07) is 86.2. The molecule has 14 rings (SSSR count). The van der Waals surface area contributed by atoms with Crippen molar-refractivity contribution in [2.45, 2.75) is 0 Å². The van der Waals surface area contributed by atoms with E-state index in [4.69, 9.17) is 15.0 Å². The normalized spacial score (nSPS) is 11.5. The van der Waals surface area contributed by atoms with Gasteiger partial charge in [-0.1, -0.05) is 164 Å². The molecule has 14 aromatic rings. The van der Waals surface area contributed by atoms with Crippen LogP contribution in [0.15, 0.2) is 237 Å². The molecule has 3 heterocycles. The number of hydrogen-bond acceptors (Lipinski definition) is 5. The van der Waals surface area contributed by atoms with Crippen LogP contribution in [0, 0.1) is 22.7 Å². The minimum Gasteiger partial charge on any atom is -0.308 e. The number of benzene rings is 11. The number of aromatic nitrogens is 5. The van der Waals surface area contributed by atoms with Crippen molar-refractivity contribution in [3.05, 3.63) is 248 Å². The van der Waals surface area contributed by atoms with Crippen LogP contribution in [0.5, 0.6) is 0 Å². The smallest absolute Gasteiger partial charge is 0.166 e. The van der Waals surface area contributed by atoms with E-state index in [1.807, 2.05) is 78.9 Å². The van der Waals surface area contributed by atoms with E-state index in [-0.39, 0.29) is 0 Å². The summed E-state index contributed by atoms with van der Waals surface area (Å²) in [7, 11) is 0. The zero-order valence-electron chi connectivity index (χ0n) is 39.6. The van der Waals surface area contributed by atoms with Gasteiger partial charge in [-0.2, -0.15) is 10.5 Å². The zero-order valence-corrected chi connectivity index (χ0v) is 39.6. The van der Waals surface area contributed by atoms with Crippen LogP contribution in [0.25, 0.3) is 133 Å². The summed E-state index contributed by atoms with van der Waals surface area (Å²) in [5.74, 6) is 1.21. The maximum atomic E-state index is 10.6. The Labute approximate surface area is 425 Å². The first kappa shape index (κ1) is 42.4. The Morgan fingerprint density at radius 3 is 1.14 bits per heavy atom. The minimum atomic E-state index is 0.381. The molecular formula is C67H39N7. The van der Waals surface area contributed by atoms with Crippen LogP contribution in [-0.2, 0) is 0 Å². The summed E-state index contributed by atoms with van der Waals surface area (Å²) >= 11 is 0. The van der Waals surface area contributed by atoms with Gasteiger partial charge in [0.25, 0.3) is 0 Å². The van der Waals surface area contributed by atoms with Gasteiger partial charge < -0.3 is 9.13 Å². The molecule has 0 spiro atoms. The first-order valence-corrected chi connectivity index (χ1v) is 24.5. The molecule has 74 heavy (non-hydrogen) atoms. The van der Waals surface area contributed by atoms with Crippen molar-refractivity contribution in [1.82, 2.24) is 24.1 Å². The Hall–Kier alpha value is -10.5. The molecule has 7 heteroatoms. The monoisotopic (exact) mass is 941 g/mol. The average molecular weight is 942 g/mol. The van der Waals surface area contributed by atoms with Gasteiger partial charge in [0.2, 0.25) is 0 Å². The first-order valence-electron chi connectivity index (χ1n) is 24.5. The highest BCUT2D eigenvalue weighted by Gasteiger charge is 2.25. The molecule has 0 saturated heterocycles. The molecule has 0 unspecified atom stereocenters. The molecule has 11 aromatic carbocycles. The van der Waals surface area contributed by atoms with E-state index in [0.29, 0.717) is 39.7 Å². The number of nitriles is 2.